The molecule has 1 aliphatic carbocycles. The highest BCUT2D eigenvalue weighted by atomic mass is 16.5. The summed E-state index contributed by atoms with van der Waals surface area (Å²) in [5.41, 5.74) is 6.87. The molecule has 0 saturated carbocycles. The van der Waals surface area contributed by atoms with Crippen LogP contribution in [0.1, 0.15) is 35.2 Å². The standard InChI is InChI=1S/C13H15NO3/c14-13(16)6-7-17-10-4-5-11-9(8-10)2-1-3-12(11)15/h4-5,8H,1-3,6-7H2,(H2,14,16). The van der Waals surface area contributed by atoms with Crippen molar-refractivity contribution >= 4 is 11.7 Å². The maximum atomic E-state index is 11.6. The summed E-state index contributed by atoms with van der Waals surface area (Å²) in [7, 11) is 0. The molecule has 0 atom stereocenters. The molecule has 0 spiro atoms. The Morgan fingerprint density at radius 1 is 1.35 bits per heavy atom. The van der Waals surface area contributed by atoms with E-state index in [9.17, 15) is 9.59 Å². The number of carbonyl (C=O) groups excluding carboxylic acids is 2. The fourth-order valence-corrected chi connectivity index (χ4v) is 1.98. The molecule has 2 N–H and O–H groups in total. The monoisotopic (exact) mass is 233 g/mol. The minimum absolute atomic E-state index is 0.204. The number of fused-ring (bicyclic) bond motifs is 1. The second-order valence-corrected chi connectivity index (χ2v) is 4.16. The fraction of sp³-hybridized carbons (Fsp3) is 0.385. The molecular formula is C13H15NO3. The molecule has 0 radical (unpaired) electrons. The Kier molecular flexibility index (Phi) is 3.42. The first-order valence-electron chi connectivity index (χ1n) is 5.74. The fourth-order valence-electron chi connectivity index (χ4n) is 1.98. The highest BCUT2D eigenvalue weighted by Crippen LogP contribution is 2.25. The Balaban J connectivity index is 2.05. The van der Waals surface area contributed by atoms with Gasteiger partial charge in [0.15, 0.2) is 5.78 Å². The summed E-state index contributed by atoms with van der Waals surface area (Å²) < 4.78 is 5.41. The van der Waals surface area contributed by atoms with Gasteiger partial charge in [0.2, 0.25) is 5.91 Å². The number of benzene rings is 1. The van der Waals surface area contributed by atoms with Gasteiger partial charge in [-0.2, -0.15) is 0 Å². The van der Waals surface area contributed by atoms with Crippen LogP contribution >= 0.6 is 0 Å². The van der Waals surface area contributed by atoms with Crippen LogP contribution in [-0.4, -0.2) is 18.3 Å². The summed E-state index contributed by atoms with van der Waals surface area (Å²) in [6.45, 7) is 0.280. The zero-order chi connectivity index (χ0) is 12.3. The number of Topliss-reactive ketones (excluding diaryl/α,β-unsaturated/α-hetero) is 1. The molecule has 0 heterocycles. The van der Waals surface area contributed by atoms with Crippen LogP contribution in [0.4, 0.5) is 0 Å². The van der Waals surface area contributed by atoms with Gasteiger partial charge in [-0.3, -0.25) is 9.59 Å². The van der Waals surface area contributed by atoms with Gasteiger partial charge in [0.25, 0.3) is 0 Å². The van der Waals surface area contributed by atoms with Crippen molar-refractivity contribution in [1.29, 1.82) is 0 Å². The normalized spacial score (nSPS) is 14.2. The quantitative estimate of drug-likeness (QED) is 0.855. The van der Waals surface area contributed by atoms with E-state index in [2.05, 4.69) is 0 Å². The smallest absolute Gasteiger partial charge is 0.220 e. The van der Waals surface area contributed by atoms with Crippen molar-refractivity contribution in [2.45, 2.75) is 25.7 Å². The van der Waals surface area contributed by atoms with Gasteiger partial charge >= 0.3 is 0 Å². The van der Waals surface area contributed by atoms with E-state index in [1.54, 1.807) is 12.1 Å². The van der Waals surface area contributed by atoms with Gasteiger partial charge in [-0.15, -0.1) is 0 Å². The topological polar surface area (TPSA) is 69.4 Å². The molecular weight excluding hydrogens is 218 g/mol. The van der Waals surface area contributed by atoms with Gasteiger partial charge in [-0.25, -0.2) is 0 Å². The number of carbonyl (C=O) groups is 2. The second kappa shape index (κ2) is 4.99. The predicted octanol–water partition coefficient (Wildman–Crippen LogP) is 1.46. The van der Waals surface area contributed by atoms with Crippen LogP contribution in [0.25, 0.3) is 0 Å². The molecule has 0 saturated heterocycles. The summed E-state index contributed by atoms with van der Waals surface area (Å²) in [6.07, 6.45) is 2.65. The Morgan fingerprint density at radius 3 is 2.94 bits per heavy atom. The van der Waals surface area contributed by atoms with Gasteiger partial charge in [0, 0.05) is 12.0 Å². The van der Waals surface area contributed by atoms with Crippen molar-refractivity contribution in [3.63, 3.8) is 0 Å². The SMILES string of the molecule is NC(=O)CCOc1ccc2c(c1)CCCC2=O. The first kappa shape index (κ1) is 11.6. The summed E-state index contributed by atoms with van der Waals surface area (Å²) in [5.74, 6) is 0.521. The number of primary amides is 1. The molecule has 4 nitrogen and oxygen atoms in total. The number of ketones is 1. The van der Waals surface area contributed by atoms with E-state index in [1.165, 1.54) is 0 Å². The van der Waals surface area contributed by atoms with E-state index < -0.39 is 0 Å². The lowest BCUT2D eigenvalue weighted by molar-refractivity contribution is -0.118. The van der Waals surface area contributed by atoms with E-state index >= 15 is 0 Å². The maximum absolute atomic E-state index is 11.6. The van der Waals surface area contributed by atoms with E-state index in [0.29, 0.717) is 12.2 Å². The summed E-state index contributed by atoms with van der Waals surface area (Å²) in [5, 5.41) is 0. The maximum Gasteiger partial charge on any atom is 0.220 e. The van der Waals surface area contributed by atoms with Crippen LogP contribution in [-0.2, 0) is 11.2 Å². The number of rotatable bonds is 4. The highest BCUT2D eigenvalue weighted by molar-refractivity contribution is 5.98. The molecule has 2 rings (SSSR count). The Hall–Kier alpha value is -1.84. The molecule has 1 aromatic rings. The van der Waals surface area contributed by atoms with Crippen molar-refractivity contribution in [3.05, 3.63) is 29.3 Å². The number of nitrogens with two attached hydrogens (primary N) is 1. The lowest BCUT2D eigenvalue weighted by Gasteiger charge is -2.15. The molecule has 1 aliphatic rings. The van der Waals surface area contributed by atoms with E-state index in [4.69, 9.17) is 10.5 Å². The van der Waals surface area contributed by atoms with E-state index in [0.717, 1.165) is 24.0 Å². The first-order chi connectivity index (χ1) is 8.16. The van der Waals surface area contributed by atoms with Gasteiger partial charge in [-0.1, -0.05) is 0 Å². The number of hydrogen-bond acceptors (Lipinski definition) is 3. The van der Waals surface area contributed by atoms with Crippen molar-refractivity contribution in [1.82, 2.24) is 0 Å². The average Bonchev–Trinajstić information content (AvgIpc) is 2.29. The van der Waals surface area contributed by atoms with Crippen LogP contribution in [0.5, 0.6) is 5.75 Å². The zero-order valence-electron chi connectivity index (χ0n) is 9.57. The number of ether oxygens (including phenoxy) is 1. The molecule has 4 heteroatoms. The molecule has 0 unspecified atom stereocenters. The second-order valence-electron chi connectivity index (χ2n) is 4.16. The van der Waals surface area contributed by atoms with Crippen LogP contribution in [0.15, 0.2) is 18.2 Å². The number of hydrogen-bond donors (Lipinski definition) is 1. The van der Waals surface area contributed by atoms with Crippen molar-refractivity contribution in [2.75, 3.05) is 6.61 Å². The molecule has 90 valence electrons. The third-order valence-corrected chi connectivity index (χ3v) is 2.84. The molecule has 0 aromatic heterocycles. The summed E-state index contributed by atoms with van der Waals surface area (Å²) in [6, 6.07) is 5.45. The minimum atomic E-state index is -0.377. The largest absolute Gasteiger partial charge is 0.493 e. The number of aryl methyl sites for hydroxylation is 1. The third-order valence-electron chi connectivity index (χ3n) is 2.84. The van der Waals surface area contributed by atoms with Crippen molar-refractivity contribution in [2.24, 2.45) is 5.73 Å². The van der Waals surface area contributed by atoms with Crippen molar-refractivity contribution < 1.29 is 14.3 Å². The van der Waals surface area contributed by atoms with Gasteiger partial charge in [-0.05, 0) is 36.6 Å². The predicted molar refractivity (Wildman–Crippen MR) is 63.0 cm³/mol. The Bertz CT molecular complexity index is 454. The van der Waals surface area contributed by atoms with Crippen LogP contribution < -0.4 is 10.5 Å². The molecule has 17 heavy (non-hydrogen) atoms. The molecule has 1 amide bonds. The number of amides is 1. The van der Waals surface area contributed by atoms with Gasteiger partial charge in [0.05, 0.1) is 13.0 Å². The molecule has 1 aromatic carbocycles. The van der Waals surface area contributed by atoms with Gasteiger partial charge < -0.3 is 10.5 Å². The van der Waals surface area contributed by atoms with E-state index in [1.807, 2.05) is 6.07 Å². The zero-order valence-corrected chi connectivity index (χ0v) is 9.57. The Morgan fingerprint density at radius 2 is 2.18 bits per heavy atom. The molecule has 0 fully saturated rings. The molecule has 0 aliphatic heterocycles. The average molecular weight is 233 g/mol. The summed E-state index contributed by atoms with van der Waals surface area (Å²) in [4.78, 5) is 22.2. The lowest BCUT2D eigenvalue weighted by atomic mass is 9.90. The lowest BCUT2D eigenvalue weighted by Crippen LogP contribution is -2.15. The molecule has 0 bridgehead atoms. The van der Waals surface area contributed by atoms with Crippen LogP contribution in [0, 0.1) is 0 Å². The van der Waals surface area contributed by atoms with E-state index in [-0.39, 0.29) is 24.7 Å². The third kappa shape index (κ3) is 2.84. The van der Waals surface area contributed by atoms with Crippen LogP contribution in [0.3, 0.4) is 0 Å². The minimum Gasteiger partial charge on any atom is -0.493 e. The van der Waals surface area contributed by atoms with Gasteiger partial charge in [0.1, 0.15) is 5.75 Å². The van der Waals surface area contributed by atoms with Crippen LogP contribution in [0.2, 0.25) is 0 Å². The Labute approximate surface area is 99.8 Å². The highest BCUT2D eigenvalue weighted by Gasteiger charge is 2.17. The van der Waals surface area contributed by atoms with Crippen molar-refractivity contribution in [3.8, 4) is 5.75 Å². The first-order valence-corrected chi connectivity index (χ1v) is 5.74. The summed E-state index contributed by atoms with van der Waals surface area (Å²) >= 11 is 0.